The Morgan fingerprint density at radius 2 is 2.00 bits per heavy atom. The fourth-order valence-corrected chi connectivity index (χ4v) is 2.64. The van der Waals surface area contributed by atoms with Crippen LogP contribution in [-0.4, -0.2) is 37.1 Å². The van der Waals surface area contributed by atoms with Crippen LogP contribution in [0.2, 0.25) is 0 Å². The number of unbranched alkanes of at least 4 members (excludes halogenated alkanes) is 3. The third kappa shape index (κ3) is 5.31. The van der Waals surface area contributed by atoms with Crippen molar-refractivity contribution in [2.45, 2.75) is 64.8 Å². The van der Waals surface area contributed by atoms with Crippen molar-refractivity contribution in [3.8, 4) is 0 Å². The Kier molecular flexibility index (Phi) is 7.87. The molecule has 0 amide bonds. The molecular formula is C14H30N2. The van der Waals surface area contributed by atoms with Gasteiger partial charge in [0, 0.05) is 12.6 Å². The van der Waals surface area contributed by atoms with Crippen molar-refractivity contribution in [2.75, 3.05) is 26.2 Å². The zero-order valence-electron chi connectivity index (χ0n) is 11.3. The highest BCUT2D eigenvalue weighted by Gasteiger charge is 2.20. The number of likely N-dealkylation sites (tertiary alicyclic amines) is 1. The van der Waals surface area contributed by atoms with E-state index in [4.69, 9.17) is 0 Å². The normalized spacial score (nSPS) is 22.5. The van der Waals surface area contributed by atoms with Gasteiger partial charge >= 0.3 is 0 Å². The molecule has 0 saturated carbocycles. The number of nitrogens with one attached hydrogen (secondary N) is 1. The Hall–Kier alpha value is -0.0800. The summed E-state index contributed by atoms with van der Waals surface area (Å²) in [6.07, 6.45) is 9.82. The van der Waals surface area contributed by atoms with Gasteiger partial charge in [-0.1, -0.05) is 39.5 Å². The number of hydrogen-bond acceptors (Lipinski definition) is 2. The van der Waals surface area contributed by atoms with Gasteiger partial charge in [0.25, 0.3) is 0 Å². The highest BCUT2D eigenvalue weighted by molar-refractivity contribution is 4.78. The van der Waals surface area contributed by atoms with Crippen LogP contribution >= 0.6 is 0 Å². The van der Waals surface area contributed by atoms with E-state index in [2.05, 4.69) is 24.1 Å². The SMILES string of the molecule is CCCCCCN1CCCCC1CNCC. The summed E-state index contributed by atoms with van der Waals surface area (Å²) >= 11 is 0. The summed E-state index contributed by atoms with van der Waals surface area (Å²) in [6.45, 7) is 9.46. The highest BCUT2D eigenvalue weighted by Crippen LogP contribution is 2.17. The first-order valence-corrected chi connectivity index (χ1v) is 7.33. The predicted octanol–water partition coefficient (Wildman–Crippen LogP) is 3.03. The molecule has 0 bridgehead atoms. The summed E-state index contributed by atoms with van der Waals surface area (Å²) in [7, 11) is 0. The van der Waals surface area contributed by atoms with Crippen LogP contribution in [0, 0.1) is 0 Å². The molecule has 0 aromatic heterocycles. The van der Waals surface area contributed by atoms with Crippen LogP contribution in [0.3, 0.4) is 0 Å². The van der Waals surface area contributed by atoms with Gasteiger partial charge in [0.05, 0.1) is 0 Å². The van der Waals surface area contributed by atoms with Gasteiger partial charge in [-0.2, -0.15) is 0 Å². The molecule has 0 aliphatic carbocycles. The highest BCUT2D eigenvalue weighted by atomic mass is 15.2. The van der Waals surface area contributed by atoms with Crippen molar-refractivity contribution in [1.29, 1.82) is 0 Å². The topological polar surface area (TPSA) is 15.3 Å². The van der Waals surface area contributed by atoms with Crippen LogP contribution in [0.4, 0.5) is 0 Å². The second-order valence-corrected chi connectivity index (χ2v) is 5.05. The molecule has 16 heavy (non-hydrogen) atoms. The van der Waals surface area contributed by atoms with Crippen molar-refractivity contribution in [3.63, 3.8) is 0 Å². The van der Waals surface area contributed by atoms with Crippen LogP contribution in [0.1, 0.15) is 58.8 Å². The number of hydrogen-bond donors (Lipinski definition) is 1. The molecule has 2 heteroatoms. The molecule has 1 atom stereocenters. The van der Waals surface area contributed by atoms with E-state index in [1.807, 2.05) is 0 Å². The maximum absolute atomic E-state index is 3.51. The predicted molar refractivity (Wildman–Crippen MR) is 71.9 cm³/mol. The van der Waals surface area contributed by atoms with E-state index >= 15 is 0 Å². The number of piperidine rings is 1. The van der Waals surface area contributed by atoms with Gasteiger partial charge in [-0.3, -0.25) is 4.90 Å². The Morgan fingerprint density at radius 1 is 1.12 bits per heavy atom. The molecule has 1 heterocycles. The number of rotatable bonds is 8. The van der Waals surface area contributed by atoms with E-state index in [1.54, 1.807) is 0 Å². The van der Waals surface area contributed by atoms with Crippen molar-refractivity contribution in [1.82, 2.24) is 10.2 Å². The van der Waals surface area contributed by atoms with Crippen LogP contribution < -0.4 is 5.32 Å². The average Bonchev–Trinajstić information content (AvgIpc) is 2.33. The first-order valence-electron chi connectivity index (χ1n) is 7.33. The lowest BCUT2D eigenvalue weighted by Crippen LogP contribution is -2.45. The summed E-state index contributed by atoms with van der Waals surface area (Å²) in [5.74, 6) is 0. The van der Waals surface area contributed by atoms with Gasteiger partial charge in [-0.05, 0) is 38.9 Å². The lowest BCUT2D eigenvalue weighted by Gasteiger charge is -2.36. The minimum atomic E-state index is 0.815. The fourth-order valence-electron chi connectivity index (χ4n) is 2.64. The van der Waals surface area contributed by atoms with Crippen molar-refractivity contribution in [3.05, 3.63) is 0 Å². The van der Waals surface area contributed by atoms with E-state index in [9.17, 15) is 0 Å². The molecule has 0 spiro atoms. The standard InChI is InChI=1S/C14H30N2/c1-3-5-6-8-11-16-12-9-7-10-14(16)13-15-4-2/h14-15H,3-13H2,1-2H3. The molecule has 0 radical (unpaired) electrons. The summed E-state index contributed by atoms with van der Waals surface area (Å²) in [6, 6.07) is 0.815. The summed E-state index contributed by atoms with van der Waals surface area (Å²) in [4.78, 5) is 2.72. The molecule has 1 unspecified atom stereocenters. The van der Waals surface area contributed by atoms with Crippen LogP contribution in [-0.2, 0) is 0 Å². The lowest BCUT2D eigenvalue weighted by molar-refractivity contribution is 0.143. The molecule has 2 nitrogen and oxygen atoms in total. The molecule has 96 valence electrons. The molecule has 1 saturated heterocycles. The summed E-state index contributed by atoms with van der Waals surface area (Å²) in [5, 5.41) is 3.51. The second-order valence-electron chi connectivity index (χ2n) is 5.05. The van der Waals surface area contributed by atoms with Gasteiger partial charge in [-0.15, -0.1) is 0 Å². The Morgan fingerprint density at radius 3 is 2.75 bits per heavy atom. The largest absolute Gasteiger partial charge is 0.315 e. The van der Waals surface area contributed by atoms with Crippen LogP contribution in [0.5, 0.6) is 0 Å². The summed E-state index contributed by atoms with van der Waals surface area (Å²) < 4.78 is 0. The third-order valence-corrected chi connectivity index (χ3v) is 3.68. The molecule has 0 aromatic rings. The molecule has 1 aliphatic heterocycles. The Labute approximate surface area is 102 Å². The lowest BCUT2D eigenvalue weighted by atomic mass is 10.0. The maximum atomic E-state index is 3.51. The van der Waals surface area contributed by atoms with Crippen molar-refractivity contribution < 1.29 is 0 Å². The molecule has 1 aliphatic rings. The Balaban J connectivity index is 2.18. The zero-order valence-corrected chi connectivity index (χ0v) is 11.3. The molecule has 1 rings (SSSR count). The van der Waals surface area contributed by atoms with Gasteiger partial charge in [0.2, 0.25) is 0 Å². The zero-order chi connectivity index (χ0) is 11.6. The third-order valence-electron chi connectivity index (χ3n) is 3.68. The van der Waals surface area contributed by atoms with E-state index in [-0.39, 0.29) is 0 Å². The van der Waals surface area contributed by atoms with Crippen LogP contribution in [0.15, 0.2) is 0 Å². The quantitative estimate of drug-likeness (QED) is 0.640. The molecule has 1 N–H and O–H groups in total. The second kappa shape index (κ2) is 9.00. The van der Waals surface area contributed by atoms with E-state index in [0.29, 0.717) is 0 Å². The monoisotopic (exact) mass is 226 g/mol. The van der Waals surface area contributed by atoms with E-state index in [0.717, 1.165) is 12.6 Å². The minimum Gasteiger partial charge on any atom is -0.315 e. The molecule has 1 fully saturated rings. The van der Waals surface area contributed by atoms with Gasteiger partial charge in [0.15, 0.2) is 0 Å². The number of likely N-dealkylation sites (N-methyl/N-ethyl adjacent to an activating group) is 1. The first kappa shape index (κ1) is 14.0. The summed E-state index contributed by atoms with van der Waals surface area (Å²) in [5.41, 5.74) is 0. The fraction of sp³-hybridized carbons (Fsp3) is 1.00. The van der Waals surface area contributed by atoms with Crippen molar-refractivity contribution in [2.24, 2.45) is 0 Å². The first-order chi connectivity index (χ1) is 7.88. The number of nitrogens with zero attached hydrogens (tertiary/aromatic N) is 1. The van der Waals surface area contributed by atoms with Gasteiger partial charge in [0.1, 0.15) is 0 Å². The Bertz CT molecular complexity index is 159. The minimum absolute atomic E-state index is 0.815. The van der Waals surface area contributed by atoms with Gasteiger partial charge in [-0.25, -0.2) is 0 Å². The average molecular weight is 226 g/mol. The van der Waals surface area contributed by atoms with Crippen LogP contribution in [0.25, 0.3) is 0 Å². The maximum Gasteiger partial charge on any atom is 0.0220 e. The molecular weight excluding hydrogens is 196 g/mol. The van der Waals surface area contributed by atoms with Crippen molar-refractivity contribution >= 4 is 0 Å². The van der Waals surface area contributed by atoms with E-state index < -0.39 is 0 Å². The molecule has 0 aromatic carbocycles. The smallest absolute Gasteiger partial charge is 0.0220 e. The van der Waals surface area contributed by atoms with Gasteiger partial charge < -0.3 is 5.32 Å². The van der Waals surface area contributed by atoms with E-state index in [1.165, 1.54) is 64.6 Å².